The molecular formula is C15H14N4O2. The van der Waals surface area contributed by atoms with Crippen molar-refractivity contribution in [3.63, 3.8) is 0 Å². The highest BCUT2D eigenvalue weighted by molar-refractivity contribution is 5.68. The average molecular weight is 282 g/mol. The van der Waals surface area contributed by atoms with Crippen LogP contribution in [0.3, 0.4) is 0 Å². The molecule has 0 aliphatic carbocycles. The van der Waals surface area contributed by atoms with Crippen molar-refractivity contribution in [3.05, 3.63) is 42.5 Å². The second-order valence-corrected chi connectivity index (χ2v) is 4.51. The smallest absolute Gasteiger partial charge is 0.181 e. The predicted molar refractivity (Wildman–Crippen MR) is 79.9 cm³/mol. The summed E-state index contributed by atoms with van der Waals surface area (Å²) in [5.74, 6) is 1.90. The maximum Gasteiger partial charge on any atom is 0.181 e. The number of nitrogens with zero attached hydrogens (tertiary/aromatic N) is 2. The Balaban J connectivity index is 1.96. The van der Waals surface area contributed by atoms with E-state index in [0.29, 0.717) is 23.1 Å². The van der Waals surface area contributed by atoms with Gasteiger partial charge in [-0.25, -0.2) is 4.98 Å². The van der Waals surface area contributed by atoms with E-state index in [1.54, 1.807) is 37.4 Å². The molecule has 21 heavy (non-hydrogen) atoms. The number of nitrogens with one attached hydrogen (secondary N) is 1. The van der Waals surface area contributed by atoms with E-state index in [-0.39, 0.29) is 5.75 Å². The molecule has 3 aromatic rings. The summed E-state index contributed by atoms with van der Waals surface area (Å²) in [6.07, 6.45) is 0. The Labute approximate surface area is 121 Å². The van der Waals surface area contributed by atoms with Crippen LogP contribution in [0.5, 0.6) is 11.5 Å². The van der Waals surface area contributed by atoms with Crippen molar-refractivity contribution < 1.29 is 9.84 Å². The van der Waals surface area contributed by atoms with Gasteiger partial charge in [0.2, 0.25) is 0 Å². The highest BCUT2D eigenvalue weighted by Gasteiger charge is 2.10. The number of rotatable bonds is 3. The SMILES string of the molecule is COc1ccc(-c2nc(-c3cccc(O)c3)n[nH]2)cc1N. The van der Waals surface area contributed by atoms with E-state index in [0.717, 1.165) is 11.1 Å². The highest BCUT2D eigenvalue weighted by Crippen LogP contribution is 2.28. The van der Waals surface area contributed by atoms with E-state index in [1.807, 2.05) is 12.1 Å². The summed E-state index contributed by atoms with van der Waals surface area (Å²) in [6, 6.07) is 12.2. The number of H-pyrrole nitrogens is 1. The summed E-state index contributed by atoms with van der Waals surface area (Å²) >= 11 is 0. The minimum atomic E-state index is 0.174. The van der Waals surface area contributed by atoms with Gasteiger partial charge in [-0.2, -0.15) is 5.10 Å². The molecule has 4 N–H and O–H groups in total. The molecule has 1 heterocycles. The Bertz CT molecular complexity index is 783. The first-order valence-corrected chi connectivity index (χ1v) is 6.33. The number of ether oxygens (including phenoxy) is 1. The third kappa shape index (κ3) is 2.51. The van der Waals surface area contributed by atoms with Crippen LogP contribution in [0.15, 0.2) is 42.5 Å². The molecule has 0 saturated heterocycles. The number of phenols is 1. The molecule has 0 unspecified atom stereocenters. The number of nitrogen functional groups attached to an aromatic ring is 1. The van der Waals surface area contributed by atoms with Gasteiger partial charge in [0.1, 0.15) is 11.5 Å². The lowest BCUT2D eigenvalue weighted by Gasteiger charge is -2.04. The lowest BCUT2D eigenvalue weighted by Crippen LogP contribution is -1.93. The quantitative estimate of drug-likeness (QED) is 0.641. The Morgan fingerprint density at radius 1 is 1.14 bits per heavy atom. The predicted octanol–water partition coefficient (Wildman–Crippen LogP) is 2.44. The molecule has 6 nitrogen and oxygen atoms in total. The number of anilines is 1. The largest absolute Gasteiger partial charge is 0.508 e. The summed E-state index contributed by atoms with van der Waals surface area (Å²) in [7, 11) is 1.57. The molecule has 1 aromatic heterocycles. The van der Waals surface area contributed by atoms with Crippen molar-refractivity contribution in [1.82, 2.24) is 15.2 Å². The van der Waals surface area contributed by atoms with E-state index in [4.69, 9.17) is 10.5 Å². The van der Waals surface area contributed by atoms with E-state index in [9.17, 15) is 5.11 Å². The maximum atomic E-state index is 9.50. The monoisotopic (exact) mass is 282 g/mol. The molecule has 6 heteroatoms. The van der Waals surface area contributed by atoms with Crippen LogP contribution in [0.2, 0.25) is 0 Å². The number of benzene rings is 2. The third-order valence-corrected chi connectivity index (χ3v) is 3.09. The topological polar surface area (TPSA) is 97.0 Å². The van der Waals surface area contributed by atoms with E-state index < -0.39 is 0 Å². The molecule has 2 aromatic carbocycles. The first-order chi connectivity index (χ1) is 10.2. The van der Waals surface area contributed by atoms with E-state index >= 15 is 0 Å². The van der Waals surface area contributed by atoms with Crippen molar-refractivity contribution in [2.75, 3.05) is 12.8 Å². The van der Waals surface area contributed by atoms with Gasteiger partial charge in [0.05, 0.1) is 12.8 Å². The summed E-state index contributed by atoms with van der Waals surface area (Å²) in [4.78, 5) is 4.41. The van der Waals surface area contributed by atoms with Gasteiger partial charge in [0.15, 0.2) is 11.6 Å². The Morgan fingerprint density at radius 3 is 2.71 bits per heavy atom. The molecule has 106 valence electrons. The number of phenolic OH excluding ortho intramolecular Hbond substituents is 1. The lowest BCUT2D eigenvalue weighted by molar-refractivity contribution is 0.417. The molecular weight excluding hydrogens is 268 g/mol. The molecule has 0 aliphatic rings. The molecule has 0 bridgehead atoms. The van der Waals surface area contributed by atoms with Gasteiger partial charge in [-0.15, -0.1) is 0 Å². The number of hydrogen-bond acceptors (Lipinski definition) is 5. The van der Waals surface area contributed by atoms with E-state index in [2.05, 4.69) is 15.2 Å². The molecule has 0 radical (unpaired) electrons. The van der Waals surface area contributed by atoms with Crippen molar-refractivity contribution in [2.45, 2.75) is 0 Å². The number of aromatic nitrogens is 3. The van der Waals surface area contributed by atoms with Crippen molar-refractivity contribution in [3.8, 4) is 34.3 Å². The molecule has 0 spiro atoms. The fourth-order valence-corrected chi connectivity index (χ4v) is 2.05. The van der Waals surface area contributed by atoms with Gasteiger partial charge in [0, 0.05) is 11.1 Å². The summed E-state index contributed by atoms with van der Waals surface area (Å²) in [6.45, 7) is 0. The van der Waals surface area contributed by atoms with Gasteiger partial charge in [-0.3, -0.25) is 5.10 Å². The lowest BCUT2D eigenvalue weighted by atomic mass is 10.1. The molecule has 0 aliphatic heterocycles. The Kier molecular flexibility index (Phi) is 3.19. The minimum Gasteiger partial charge on any atom is -0.508 e. The normalized spacial score (nSPS) is 10.5. The van der Waals surface area contributed by atoms with Crippen molar-refractivity contribution >= 4 is 5.69 Å². The van der Waals surface area contributed by atoms with Gasteiger partial charge in [-0.1, -0.05) is 12.1 Å². The third-order valence-electron chi connectivity index (χ3n) is 3.09. The Morgan fingerprint density at radius 2 is 2.00 bits per heavy atom. The van der Waals surface area contributed by atoms with Crippen LogP contribution >= 0.6 is 0 Å². The first kappa shape index (κ1) is 13.0. The van der Waals surface area contributed by atoms with Crippen LogP contribution in [0.4, 0.5) is 5.69 Å². The zero-order valence-electron chi connectivity index (χ0n) is 11.4. The van der Waals surface area contributed by atoms with Crippen LogP contribution in [-0.2, 0) is 0 Å². The molecule has 0 fully saturated rings. The van der Waals surface area contributed by atoms with Crippen LogP contribution in [0.25, 0.3) is 22.8 Å². The molecule has 0 atom stereocenters. The number of nitrogens with two attached hydrogens (primary N) is 1. The van der Waals surface area contributed by atoms with Crippen LogP contribution in [0.1, 0.15) is 0 Å². The first-order valence-electron chi connectivity index (χ1n) is 6.33. The minimum absolute atomic E-state index is 0.174. The average Bonchev–Trinajstić information content (AvgIpc) is 2.97. The number of methoxy groups -OCH3 is 1. The van der Waals surface area contributed by atoms with Crippen molar-refractivity contribution in [1.29, 1.82) is 0 Å². The van der Waals surface area contributed by atoms with Crippen LogP contribution in [-0.4, -0.2) is 27.4 Å². The zero-order chi connectivity index (χ0) is 14.8. The molecule has 0 amide bonds. The second kappa shape index (κ2) is 5.16. The van der Waals surface area contributed by atoms with Crippen LogP contribution in [0, 0.1) is 0 Å². The molecule has 0 saturated carbocycles. The highest BCUT2D eigenvalue weighted by atomic mass is 16.5. The van der Waals surface area contributed by atoms with Crippen molar-refractivity contribution in [2.24, 2.45) is 0 Å². The van der Waals surface area contributed by atoms with Gasteiger partial charge in [-0.05, 0) is 30.3 Å². The van der Waals surface area contributed by atoms with Gasteiger partial charge >= 0.3 is 0 Å². The van der Waals surface area contributed by atoms with Gasteiger partial charge < -0.3 is 15.6 Å². The zero-order valence-corrected chi connectivity index (χ0v) is 11.4. The second-order valence-electron chi connectivity index (χ2n) is 4.51. The molecule has 3 rings (SSSR count). The Hall–Kier alpha value is -3.02. The summed E-state index contributed by atoms with van der Waals surface area (Å²) in [5, 5.41) is 16.5. The maximum absolute atomic E-state index is 9.50. The summed E-state index contributed by atoms with van der Waals surface area (Å²) in [5.41, 5.74) is 7.97. The number of hydrogen-bond donors (Lipinski definition) is 3. The standard InChI is InChI=1S/C15H14N4O2/c1-21-13-6-5-10(8-12(13)16)15-17-14(18-19-15)9-3-2-4-11(20)7-9/h2-8,20H,16H2,1H3,(H,17,18,19). The van der Waals surface area contributed by atoms with Gasteiger partial charge in [0.25, 0.3) is 0 Å². The van der Waals surface area contributed by atoms with E-state index in [1.165, 1.54) is 0 Å². The number of aromatic hydroxyl groups is 1. The fraction of sp³-hybridized carbons (Fsp3) is 0.0667. The van der Waals surface area contributed by atoms with Crippen LogP contribution < -0.4 is 10.5 Å². The number of aromatic amines is 1. The fourth-order valence-electron chi connectivity index (χ4n) is 2.05. The summed E-state index contributed by atoms with van der Waals surface area (Å²) < 4.78 is 5.12.